The third-order valence-corrected chi connectivity index (χ3v) is 2.76. The number of benzene rings is 1. The number of hydrogen-bond donors (Lipinski definition) is 1. The summed E-state index contributed by atoms with van der Waals surface area (Å²) in [4.78, 5) is 12.6. The van der Waals surface area contributed by atoms with Crippen LogP contribution in [0.4, 0.5) is 5.95 Å². The number of carbonyl (C=O) groups is 1. The van der Waals surface area contributed by atoms with Crippen LogP contribution in [0.2, 0.25) is 0 Å². The van der Waals surface area contributed by atoms with Crippen molar-refractivity contribution >= 4 is 11.9 Å². The molecule has 0 aliphatic rings. The van der Waals surface area contributed by atoms with E-state index in [1.807, 2.05) is 30.3 Å². The van der Waals surface area contributed by atoms with Crippen LogP contribution in [0.25, 0.3) is 5.69 Å². The minimum Gasteiger partial charge on any atom is -0.481 e. The molecule has 1 atom stereocenters. The topological polar surface area (TPSA) is 84.1 Å². The number of rotatable bonds is 5. The van der Waals surface area contributed by atoms with Gasteiger partial charge in [0, 0.05) is 13.6 Å². The summed E-state index contributed by atoms with van der Waals surface area (Å²) >= 11 is 0. The zero-order valence-electron chi connectivity index (χ0n) is 10.8. The molecule has 0 saturated heterocycles. The molecule has 0 radical (unpaired) electrons. The normalized spacial score (nSPS) is 12.1. The van der Waals surface area contributed by atoms with Crippen LogP contribution in [0.3, 0.4) is 0 Å². The van der Waals surface area contributed by atoms with E-state index in [4.69, 9.17) is 5.11 Å². The van der Waals surface area contributed by atoms with Gasteiger partial charge in [0.25, 0.3) is 0 Å². The lowest BCUT2D eigenvalue weighted by molar-refractivity contribution is -0.140. The van der Waals surface area contributed by atoms with E-state index in [9.17, 15) is 4.79 Å². The van der Waals surface area contributed by atoms with Crippen LogP contribution < -0.4 is 4.90 Å². The van der Waals surface area contributed by atoms with Crippen molar-refractivity contribution in [2.75, 3.05) is 18.5 Å². The number of hydrogen-bond acceptors (Lipinski definition) is 5. The van der Waals surface area contributed by atoms with Crippen LogP contribution in [0.15, 0.2) is 30.3 Å². The molecule has 1 N–H and O–H groups in total. The zero-order chi connectivity index (χ0) is 13.8. The summed E-state index contributed by atoms with van der Waals surface area (Å²) in [6.07, 6.45) is 0. The fourth-order valence-corrected chi connectivity index (χ4v) is 1.73. The van der Waals surface area contributed by atoms with E-state index < -0.39 is 11.9 Å². The summed E-state index contributed by atoms with van der Waals surface area (Å²) in [6, 6.07) is 9.45. The summed E-state index contributed by atoms with van der Waals surface area (Å²) < 4.78 is 1.58. The first kappa shape index (κ1) is 13.0. The monoisotopic (exact) mass is 261 g/mol. The molecule has 1 aromatic heterocycles. The number of nitrogens with zero attached hydrogens (tertiary/aromatic N) is 5. The summed E-state index contributed by atoms with van der Waals surface area (Å²) in [5.74, 6) is -0.823. The number of carboxylic acid groups (broad SMARTS) is 1. The van der Waals surface area contributed by atoms with Crippen LogP contribution in [0, 0.1) is 5.92 Å². The molecule has 0 spiro atoms. The highest BCUT2D eigenvalue weighted by Crippen LogP contribution is 2.14. The van der Waals surface area contributed by atoms with Crippen molar-refractivity contribution in [2.45, 2.75) is 6.92 Å². The highest BCUT2D eigenvalue weighted by molar-refractivity contribution is 5.70. The smallest absolute Gasteiger partial charge is 0.308 e. The number of anilines is 1. The van der Waals surface area contributed by atoms with Gasteiger partial charge in [-0.1, -0.05) is 30.2 Å². The Bertz CT molecular complexity index is 554. The molecular formula is C12H15N5O2. The molecule has 1 unspecified atom stereocenters. The molecule has 19 heavy (non-hydrogen) atoms. The predicted molar refractivity (Wildman–Crippen MR) is 69.2 cm³/mol. The van der Waals surface area contributed by atoms with Crippen LogP contribution in [0.1, 0.15) is 6.92 Å². The lowest BCUT2D eigenvalue weighted by atomic mass is 10.2. The highest BCUT2D eigenvalue weighted by Gasteiger charge is 2.18. The van der Waals surface area contributed by atoms with Gasteiger partial charge in [-0.15, -0.1) is 0 Å². The molecule has 0 bridgehead atoms. The lowest BCUT2D eigenvalue weighted by Gasteiger charge is -2.19. The van der Waals surface area contributed by atoms with Crippen molar-refractivity contribution in [1.29, 1.82) is 0 Å². The van der Waals surface area contributed by atoms with E-state index in [1.165, 1.54) is 0 Å². The van der Waals surface area contributed by atoms with Gasteiger partial charge in [0.1, 0.15) is 0 Å². The molecule has 1 heterocycles. The molecule has 2 aromatic rings. The van der Waals surface area contributed by atoms with E-state index in [1.54, 1.807) is 23.6 Å². The Labute approximate surface area is 110 Å². The molecule has 1 aromatic carbocycles. The average molecular weight is 261 g/mol. The molecule has 100 valence electrons. The van der Waals surface area contributed by atoms with Crippen LogP contribution >= 0.6 is 0 Å². The standard InChI is InChI=1S/C12H15N5O2/c1-9(11(18)19)8-16(2)12-13-14-15-17(12)10-6-4-3-5-7-10/h3-7,9H,8H2,1-2H3,(H,18,19). The molecular weight excluding hydrogens is 246 g/mol. The SMILES string of the molecule is CC(CN(C)c1nnnn1-c1ccccc1)C(=O)O. The first-order chi connectivity index (χ1) is 9.09. The second-order valence-corrected chi connectivity index (χ2v) is 4.35. The Balaban J connectivity index is 2.22. The van der Waals surface area contributed by atoms with E-state index in [-0.39, 0.29) is 0 Å². The predicted octanol–water partition coefficient (Wildman–Crippen LogP) is 0.819. The number of carboxylic acids is 1. The zero-order valence-corrected chi connectivity index (χ0v) is 10.8. The van der Waals surface area contributed by atoms with Gasteiger partial charge in [0.2, 0.25) is 5.95 Å². The Morgan fingerprint density at radius 2 is 2.11 bits per heavy atom. The van der Waals surface area contributed by atoms with Gasteiger partial charge >= 0.3 is 5.97 Å². The Hall–Kier alpha value is -2.44. The molecule has 0 saturated carbocycles. The molecule has 7 heteroatoms. The molecule has 2 rings (SSSR count). The minimum absolute atomic E-state index is 0.336. The van der Waals surface area contributed by atoms with E-state index in [2.05, 4.69) is 15.5 Å². The fourth-order valence-electron chi connectivity index (χ4n) is 1.73. The maximum atomic E-state index is 10.9. The Morgan fingerprint density at radius 1 is 1.42 bits per heavy atom. The third-order valence-electron chi connectivity index (χ3n) is 2.76. The van der Waals surface area contributed by atoms with Gasteiger partial charge in [-0.05, 0) is 22.6 Å². The maximum absolute atomic E-state index is 10.9. The Kier molecular flexibility index (Phi) is 3.74. The number of para-hydroxylation sites is 1. The second kappa shape index (κ2) is 5.47. The van der Waals surface area contributed by atoms with Gasteiger partial charge in [-0.2, -0.15) is 4.68 Å². The lowest BCUT2D eigenvalue weighted by Crippen LogP contribution is -2.30. The van der Waals surface area contributed by atoms with Gasteiger partial charge in [0.15, 0.2) is 0 Å². The van der Waals surface area contributed by atoms with E-state index in [0.29, 0.717) is 12.5 Å². The van der Waals surface area contributed by atoms with Gasteiger partial charge in [-0.25, -0.2) is 0 Å². The van der Waals surface area contributed by atoms with Crippen LogP contribution in [-0.2, 0) is 4.79 Å². The third kappa shape index (κ3) is 2.87. The van der Waals surface area contributed by atoms with Crippen molar-refractivity contribution < 1.29 is 9.90 Å². The van der Waals surface area contributed by atoms with Gasteiger partial charge in [0.05, 0.1) is 11.6 Å². The summed E-state index contributed by atoms with van der Waals surface area (Å²) in [6.45, 7) is 1.98. The molecule has 0 aliphatic heterocycles. The number of aromatic nitrogens is 4. The van der Waals surface area contributed by atoms with Crippen molar-refractivity contribution in [3.8, 4) is 5.69 Å². The molecule has 7 nitrogen and oxygen atoms in total. The van der Waals surface area contributed by atoms with Crippen molar-refractivity contribution in [3.63, 3.8) is 0 Å². The molecule has 0 aliphatic carbocycles. The van der Waals surface area contributed by atoms with Crippen molar-refractivity contribution in [3.05, 3.63) is 30.3 Å². The quantitative estimate of drug-likeness (QED) is 0.857. The number of aliphatic carboxylic acids is 1. The van der Waals surface area contributed by atoms with E-state index in [0.717, 1.165) is 5.69 Å². The molecule has 0 fully saturated rings. The van der Waals surface area contributed by atoms with E-state index >= 15 is 0 Å². The minimum atomic E-state index is -0.842. The summed E-state index contributed by atoms with van der Waals surface area (Å²) in [5, 5.41) is 20.4. The first-order valence-corrected chi connectivity index (χ1v) is 5.87. The maximum Gasteiger partial charge on any atom is 0.308 e. The summed E-state index contributed by atoms with van der Waals surface area (Å²) in [5.41, 5.74) is 0.831. The second-order valence-electron chi connectivity index (χ2n) is 4.35. The Morgan fingerprint density at radius 3 is 2.74 bits per heavy atom. The van der Waals surface area contributed by atoms with Crippen molar-refractivity contribution in [2.24, 2.45) is 5.92 Å². The van der Waals surface area contributed by atoms with Crippen LogP contribution in [0.5, 0.6) is 0 Å². The van der Waals surface area contributed by atoms with Gasteiger partial charge in [-0.3, -0.25) is 4.79 Å². The molecule has 0 amide bonds. The van der Waals surface area contributed by atoms with Crippen molar-refractivity contribution in [1.82, 2.24) is 20.2 Å². The summed E-state index contributed by atoms with van der Waals surface area (Å²) in [7, 11) is 1.77. The number of tetrazole rings is 1. The van der Waals surface area contributed by atoms with Crippen LogP contribution in [-0.4, -0.2) is 44.9 Å². The fraction of sp³-hybridized carbons (Fsp3) is 0.333. The average Bonchev–Trinajstić information content (AvgIpc) is 2.88. The first-order valence-electron chi connectivity index (χ1n) is 5.87. The largest absolute Gasteiger partial charge is 0.481 e. The highest BCUT2D eigenvalue weighted by atomic mass is 16.4. The van der Waals surface area contributed by atoms with Gasteiger partial charge < -0.3 is 10.0 Å².